The first kappa shape index (κ1) is 5.08. The number of hydrogen-bond donors (Lipinski definition) is 1. The van der Waals surface area contributed by atoms with Gasteiger partial charge in [0, 0.05) is 0 Å². The second kappa shape index (κ2) is 1.47. The van der Waals surface area contributed by atoms with Crippen LogP contribution in [0.5, 0.6) is 0 Å². The zero-order valence-electron chi connectivity index (χ0n) is 4.30. The van der Waals surface area contributed by atoms with E-state index in [9.17, 15) is 9.59 Å². The first-order valence-electron chi connectivity index (χ1n) is 2.22. The first-order valence-corrected chi connectivity index (χ1v) is 2.22. The predicted molar refractivity (Wildman–Crippen MR) is 24.1 cm³/mol. The largest absolute Gasteiger partial charge is 0.415 e. The molecule has 1 atom stereocenters. The number of rotatable bonds is 0. The van der Waals surface area contributed by atoms with Gasteiger partial charge in [-0.05, 0) is 6.92 Å². The molecule has 1 fully saturated rings. The summed E-state index contributed by atoms with van der Waals surface area (Å²) in [6.07, 6.45) is -0.650. The van der Waals surface area contributed by atoms with Crippen molar-refractivity contribution in [1.82, 2.24) is 5.32 Å². The van der Waals surface area contributed by atoms with Gasteiger partial charge in [-0.1, -0.05) is 0 Å². The van der Waals surface area contributed by atoms with Crippen molar-refractivity contribution in [3.8, 4) is 0 Å². The number of nitrogens with one attached hydrogen (secondary N) is 1. The van der Waals surface area contributed by atoms with Crippen LogP contribution in [0.4, 0.5) is 4.79 Å². The minimum absolute atomic E-state index is 0.470. The summed E-state index contributed by atoms with van der Waals surface area (Å²) in [7, 11) is 0. The zero-order chi connectivity index (χ0) is 6.15. The van der Waals surface area contributed by atoms with Gasteiger partial charge < -0.3 is 10.1 Å². The predicted octanol–water partition coefficient (Wildman–Crippen LogP) is -0.359. The van der Waals surface area contributed by atoms with Crippen LogP contribution in [-0.2, 0) is 9.53 Å². The van der Waals surface area contributed by atoms with Crippen LogP contribution in [0.2, 0.25) is 0 Å². The lowest BCUT2D eigenvalue weighted by Crippen LogP contribution is -2.24. The molecule has 1 aliphatic heterocycles. The van der Waals surface area contributed by atoms with E-state index in [0.717, 1.165) is 0 Å². The summed E-state index contributed by atoms with van der Waals surface area (Å²) in [4.78, 5) is 20.4. The Morgan fingerprint density at radius 2 is 2.25 bits per heavy atom. The Labute approximate surface area is 45.8 Å². The van der Waals surface area contributed by atoms with E-state index in [-0.39, 0.29) is 0 Å². The van der Waals surface area contributed by atoms with Crippen molar-refractivity contribution in [1.29, 1.82) is 0 Å². The van der Waals surface area contributed by atoms with Crippen LogP contribution >= 0.6 is 0 Å². The minimum Gasteiger partial charge on any atom is -0.375 e. The van der Waals surface area contributed by atoms with Gasteiger partial charge >= 0.3 is 12.1 Å². The highest BCUT2D eigenvalue weighted by Crippen LogP contribution is 1.96. The number of carbonyl (C=O) groups is 2. The van der Waals surface area contributed by atoms with Gasteiger partial charge in [-0.3, -0.25) is 0 Å². The summed E-state index contributed by atoms with van der Waals surface area (Å²) in [6, 6.07) is -0.470. The van der Waals surface area contributed by atoms with Crippen LogP contribution in [0, 0.1) is 0 Å². The third-order valence-electron chi connectivity index (χ3n) is 0.881. The molecule has 1 saturated heterocycles. The van der Waals surface area contributed by atoms with Crippen LogP contribution in [-0.4, -0.2) is 18.1 Å². The van der Waals surface area contributed by atoms with E-state index in [2.05, 4.69) is 10.1 Å². The SMILES string of the molecule is CC1NC(=O)OC1=O. The second-order valence-corrected chi connectivity index (χ2v) is 1.57. The molecule has 0 spiro atoms. The highest BCUT2D eigenvalue weighted by Gasteiger charge is 2.27. The van der Waals surface area contributed by atoms with E-state index < -0.39 is 18.1 Å². The third kappa shape index (κ3) is 0.641. The van der Waals surface area contributed by atoms with Crippen LogP contribution in [0.1, 0.15) is 6.92 Å². The van der Waals surface area contributed by atoms with Gasteiger partial charge in [0.25, 0.3) is 0 Å². The summed E-state index contributed by atoms with van der Waals surface area (Å²) in [5.41, 5.74) is 0. The smallest absolute Gasteiger partial charge is 0.375 e. The molecule has 1 unspecified atom stereocenters. The van der Waals surface area contributed by atoms with Crippen molar-refractivity contribution < 1.29 is 14.3 Å². The summed E-state index contributed by atoms with van der Waals surface area (Å²) in [5, 5.41) is 2.26. The Morgan fingerprint density at radius 3 is 2.38 bits per heavy atom. The molecule has 1 aliphatic rings. The molecular weight excluding hydrogens is 110 g/mol. The Kier molecular flexibility index (Phi) is 0.932. The number of ether oxygens (including phenoxy) is 1. The lowest BCUT2D eigenvalue weighted by Gasteiger charge is -1.88. The van der Waals surface area contributed by atoms with E-state index in [1.807, 2.05) is 0 Å². The summed E-state index contributed by atoms with van der Waals surface area (Å²) < 4.78 is 4.08. The third-order valence-corrected chi connectivity index (χ3v) is 0.881. The zero-order valence-corrected chi connectivity index (χ0v) is 4.30. The van der Waals surface area contributed by atoms with Crippen LogP contribution in [0.25, 0.3) is 0 Å². The quantitative estimate of drug-likeness (QED) is 0.346. The van der Waals surface area contributed by atoms with Gasteiger partial charge in [-0.2, -0.15) is 0 Å². The van der Waals surface area contributed by atoms with Crippen molar-refractivity contribution in [2.45, 2.75) is 13.0 Å². The molecular formula is C4H5NO3. The van der Waals surface area contributed by atoms with E-state index in [0.29, 0.717) is 0 Å². The molecule has 0 bridgehead atoms. The van der Waals surface area contributed by atoms with E-state index in [1.165, 1.54) is 0 Å². The van der Waals surface area contributed by atoms with Gasteiger partial charge in [0.2, 0.25) is 0 Å². The highest BCUT2D eigenvalue weighted by molar-refractivity contribution is 5.94. The monoisotopic (exact) mass is 115 g/mol. The van der Waals surface area contributed by atoms with E-state index in [1.54, 1.807) is 6.92 Å². The van der Waals surface area contributed by atoms with Crippen molar-refractivity contribution >= 4 is 12.1 Å². The number of alkyl carbamates (subject to hydrolysis) is 1. The number of hydrogen-bond acceptors (Lipinski definition) is 3. The Morgan fingerprint density at radius 1 is 1.62 bits per heavy atom. The average Bonchev–Trinajstić information content (AvgIpc) is 1.85. The van der Waals surface area contributed by atoms with Crippen LogP contribution in [0.15, 0.2) is 0 Å². The van der Waals surface area contributed by atoms with E-state index in [4.69, 9.17) is 0 Å². The average molecular weight is 115 g/mol. The molecule has 0 saturated carbocycles. The summed E-state index contributed by atoms with van der Waals surface area (Å²) in [6.45, 7) is 1.56. The van der Waals surface area contributed by atoms with Crippen molar-refractivity contribution in [2.24, 2.45) is 0 Å². The van der Waals surface area contributed by atoms with Gasteiger partial charge in [0.05, 0.1) is 0 Å². The fraction of sp³-hybridized carbons (Fsp3) is 0.500. The lowest BCUT2D eigenvalue weighted by atomic mass is 10.4. The van der Waals surface area contributed by atoms with Gasteiger partial charge in [-0.15, -0.1) is 0 Å². The van der Waals surface area contributed by atoms with Crippen LogP contribution < -0.4 is 5.32 Å². The fourth-order valence-corrected chi connectivity index (χ4v) is 0.445. The molecule has 1 heterocycles. The van der Waals surface area contributed by atoms with Gasteiger partial charge in [0.1, 0.15) is 6.04 Å². The van der Waals surface area contributed by atoms with Crippen molar-refractivity contribution in [2.75, 3.05) is 0 Å². The molecule has 1 N–H and O–H groups in total. The topological polar surface area (TPSA) is 55.4 Å². The number of carbonyl (C=O) groups excluding carboxylic acids is 2. The minimum atomic E-state index is -0.650. The summed E-state index contributed by atoms with van der Waals surface area (Å²) >= 11 is 0. The molecule has 44 valence electrons. The molecule has 0 radical (unpaired) electrons. The molecule has 8 heavy (non-hydrogen) atoms. The van der Waals surface area contributed by atoms with E-state index >= 15 is 0 Å². The number of cyclic esters (lactones) is 2. The molecule has 0 aromatic carbocycles. The molecule has 0 aromatic rings. The molecule has 0 aliphatic carbocycles. The normalized spacial score (nSPS) is 27.4. The fourth-order valence-electron chi connectivity index (χ4n) is 0.445. The number of amides is 1. The Balaban J connectivity index is 2.64. The van der Waals surface area contributed by atoms with Gasteiger partial charge in [-0.25, -0.2) is 9.59 Å². The molecule has 4 heteroatoms. The standard InChI is InChI=1S/C4H5NO3/c1-2-3(6)8-4(7)5-2/h2H,1H3,(H,5,7). The summed E-state index contributed by atoms with van der Waals surface area (Å²) in [5.74, 6) is -0.505. The second-order valence-electron chi connectivity index (χ2n) is 1.57. The van der Waals surface area contributed by atoms with Gasteiger partial charge in [0.15, 0.2) is 0 Å². The number of esters is 1. The lowest BCUT2D eigenvalue weighted by molar-refractivity contribution is -0.134. The maximum atomic E-state index is 10.3. The Hall–Kier alpha value is -1.06. The highest BCUT2D eigenvalue weighted by atomic mass is 16.6. The van der Waals surface area contributed by atoms with Crippen molar-refractivity contribution in [3.05, 3.63) is 0 Å². The Bertz CT molecular complexity index is 142. The molecule has 1 amide bonds. The molecule has 1 rings (SSSR count). The first-order chi connectivity index (χ1) is 3.70. The maximum absolute atomic E-state index is 10.3. The van der Waals surface area contributed by atoms with Crippen LogP contribution in [0.3, 0.4) is 0 Å². The van der Waals surface area contributed by atoms with Crippen molar-refractivity contribution in [3.63, 3.8) is 0 Å². The molecule has 4 nitrogen and oxygen atoms in total. The maximum Gasteiger partial charge on any atom is 0.415 e. The molecule has 0 aromatic heterocycles.